The summed E-state index contributed by atoms with van der Waals surface area (Å²) in [6, 6.07) is 0.439. The van der Waals surface area contributed by atoms with E-state index in [-0.39, 0.29) is 5.91 Å². The largest absolute Gasteiger partial charge is 0.392 e. The Hall–Kier alpha value is -0.640. The number of likely N-dealkylation sites (tertiary alicyclic amines) is 1. The number of carbonyl (C=O) groups is 1. The zero-order chi connectivity index (χ0) is 13.3. The number of rotatable bonds is 2. The summed E-state index contributed by atoms with van der Waals surface area (Å²) in [5.74, 6) is 0.838. The van der Waals surface area contributed by atoms with E-state index in [0.717, 1.165) is 19.4 Å². The van der Waals surface area contributed by atoms with Crippen molar-refractivity contribution in [3.05, 3.63) is 0 Å². The van der Waals surface area contributed by atoms with Crippen molar-refractivity contribution in [2.24, 2.45) is 17.1 Å². The van der Waals surface area contributed by atoms with Crippen LogP contribution in [-0.2, 0) is 4.79 Å². The van der Waals surface area contributed by atoms with E-state index in [1.165, 1.54) is 25.7 Å². The molecule has 0 spiro atoms. The fourth-order valence-corrected chi connectivity index (χ4v) is 3.43. The van der Waals surface area contributed by atoms with Crippen molar-refractivity contribution in [2.75, 3.05) is 6.54 Å². The zero-order valence-electron chi connectivity index (χ0n) is 11.4. The van der Waals surface area contributed by atoms with Gasteiger partial charge in [0.15, 0.2) is 0 Å². The molecule has 0 unspecified atom stereocenters. The Morgan fingerprint density at radius 1 is 1.22 bits per heavy atom. The Morgan fingerprint density at radius 2 is 1.83 bits per heavy atom. The molecule has 0 bridgehead atoms. The van der Waals surface area contributed by atoms with E-state index in [1.807, 2.05) is 13.8 Å². The molecule has 1 aliphatic heterocycles. The second kappa shape index (κ2) is 5.16. The number of hydrogen-bond acceptors (Lipinski definition) is 2. The van der Waals surface area contributed by atoms with Crippen molar-refractivity contribution in [1.82, 2.24) is 4.90 Å². The summed E-state index contributed by atoms with van der Waals surface area (Å²) in [5.41, 5.74) is 5.03. The van der Waals surface area contributed by atoms with Crippen molar-refractivity contribution in [1.29, 1.82) is 0 Å². The molecule has 18 heavy (non-hydrogen) atoms. The summed E-state index contributed by atoms with van der Waals surface area (Å²) >= 11 is 5.05. The number of nitrogens with two attached hydrogens (primary N) is 1. The third-order valence-electron chi connectivity index (χ3n) is 4.65. The summed E-state index contributed by atoms with van der Waals surface area (Å²) < 4.78 is 0. The van der Waals surface area contributed by atoms with Crippen molar-refractivity contribution in [3.63, 3.8) is 0 Å². The van der Waals surface area contributed by atoms with Crippen molar-refractivity contribution >= 4 is 23.1 Å². The molecule has 0 aromatic carbocycles. The maximum Gasteiger partial charge on any atom is 0.235 e. The number of fused-ring (bicyclic) bond motifs is 1. The summed E-state index contributed by atoms with van der Waals surface area (Å²) in [7, 11) is 0. The number of carbonyl (C=O) groups excluding carboxylic acids is 1. The molecule has 2 fully saturated rings. The minimum Gasteiger partial charge on any atom is -0.392 e. The van der Waals surface area contributed by atoms with Crippen LogP contribution in [-0.4, -0.2) is 28.4 Å². The molecular weight excluding hydrogens is 244 g/mol. The summed E-state index contributed by atoms with van der Waals surface area (Å²) in [6.45, 7) is 4.58. The van der Waals surface area contributed by atoms with E-state index in [0.29, 0.717) is 16.9 Å². The molecule has 0 aromatic heterocycles. The van der Waals surface area contributed by atoms with Gasteiger partial charge in [-0.25, -0.2) is 0 Å². The van der Waals surface area contributed by atoms with Crippen LogP contribution in [0.15, 0.2) is 0 Å². The van der Waals surface area contributed by atoms with Crippen LogP contribution in [0, 0.1) is 11.3 Å². The van der Waals surface area contributed by atoms with Gasteiger partial charge in [-0.05, 0) is 45.4 Å². The average Bonchev–Trinajstić information content (AvgIpc) is 2.37. The van der Waals surface area contributed by atoms with E-state index < -0.39 is 5.41 Å². The molecule has 1 heterocycles. The topological polar surface area (TPSA) is 46.3 Å². The lowest BCUT2D eigenvalue weighted by atomic mass is 9.77. The lowest BCUT2D eigenvalue weighted by Crippen LogP contribution is -2.55. The van der Waals surface area contributed by atoms with E-state index >= 15 is 0 Å². The molecule has 1 amide bonds. The van der Waals surface area contributed by atoms with Crippen molar-refractivity contribution in [3.8, 4) is 0 Å². The smallest absolute Gasteiger partial charge is 0.235 e. The molecule has 2 aliphatic rings. The third-order valence-corrected chi connectivity index (χ3v) is 5.17. The van der Waals surface area contributed by atoms with Crippen molar-refractivity contribution in [2.45, 2.75) is 58.4 Å². The van der Waals surface area contributed by atoms with Gasteiger partial charge in [-0.1, -0.05) is 25.1 Å². The molecule has 4 heteroatoms. The zero-order valence-corrected chi connectivity index (χ0v) is 12.3. The number of nitrogens with zero attached hydrogens (tertiary/aromatic N) is 1. The maximum absolute atomic E-state index is 12.7. The molecule has 1 aliphatic carbocycles. The fraction of sp³-hybridized carbons (Fsp3) is 0.857. The predicted molar refractivity (Wildman–Crippen MR) is 77.3 cm³/mol. The predicted octanol–water partition coefficient (Wildman–Crippen LogP) is 2.48. The number of piperidine rings is 1. The molecule has 2 atom stereocenters. The maximum atomic E-state index is 12.7. The monoisotopic (exact) mass is 268 g/mol. The SMILES string of the molecule is CC(C)(C(=O)N1CCC[C@H]2CCCC[C@H]21)C(N)=S. The van der Waals surface area contributed by atoms with Crippen LogP contribution in [0.1, 0.15) is 52.4 Å². The van der Waals surface area contributed by atoms with Crippen LogP contribution in [0.5, 0.6) is 0 Å². The van der Waals surface area contributed by atoms with Gasteiger partial charge >= 0.3 is 0 Å². The van der Waals surface area contributed by atoms with Gasteiger partial charge in [0.05, 0.1) is 10.4 Å². The number of thiocarbonyl (C=S) groups is 1. The van der Waals surface area contributed by atoms with E-state index in [4.69, 9.17) is 18.0 Å². The Labute approximate surface area is 115 Å². The van der Waals surface area contributed by atoms with Gasteiger partial charge in [0.2, 0.25) is 5.91 Å². The molecule has 1 saturated carbocycles. The normalized spacial score (nSPS) is 28.7. The van der Waals surface area contributed by atoms with Gasteiger partial charge in [0, 0.05) is 12.6 Å². The molecule has 102 valence electrons. The van der Waals surface area contributed by atoms with Crippen LogP contribution in [0.3, 0.4) is 0 Å². The summed E-state index contributed by atoms with van der Waals surface area (Å²) in [4.78, 5) is 15.1. The molecule has 2 N–H and O–H groups in total. The highest BCUT2D eigenvalue weighted by Gasteiger charge is 2.42. The second-order valence-electron chi connectivity index (χ2n) is 6.24. The number of hydrogen-bond donors (Lipinski definition) is 1. The van der Waals surface area contributed by atoms with Gasteiger partial charge in [0.25, 0.3) is 0 Å². The Bertz CT molecular complexity index is 352. The van der Waals surface area contributed by atoms with Gasteiger partial charge in [-0.2, -0.15) is 0 Å². The molecule has 3 nitrogen and oxygen atoms in total. The van der Waals surface area contributed by atoms with E-state index in [9.17, 15) is 4.79 Å². The Morgan fingerprint density at radius 3 is 2.50 bits per heavy atom. The first-order chi connectivity index (χ1) is 8.44. The first kappa shape index (κ1) is 13.8. The standard InChI is InChI=1S/C14H24N2OS/c1-14(2,12(15)18)13(17)16-9-5-7-10-6-3-4-8-11(10)16/h10-11H,3-9H2,1-2H3,(H2,15,18)/t10-,11-/m1/s1. The number of amides is 1. The highest BCUT2D eigenvalue weighted by Crippen LogP contribution is 2.37. The molecule has 0 aromatic rings. The highest BCUT2D eigenvalue weighted by molar-refractivity contribution is 7.80. The molecular formula is C14H24N2OS. The highest BCUT2D eigenvalue weighted by atomic mass is 32.1. The van der Waals surface area contributed by atoms with Gasteiger partial charge in [-0.15, -0.1) is 0 Å². The quantitative estimate of drug-likeness (QED) is 0.783. The lowest BCUT2D eigenvalue weighted by Gasteiger charge is -2.46. The van der Waals surface area contributed by atoms with Crippen LogP contribution in [0.4, 0.5) is 0 Å². The molecule has 0 radical (unpaired) electrons. The van der Waals surface area contributed by atoms with Crippen LogP contribution in [0.2, 0.25) is 0 Å². The minimum absolute atomic E-state index is 0.131. The molecule has 1 saturated heterocycles. The van der Waals surface area contributed by atoms with Gasteiger partial charge in [0.1, 0.15) is 0 Å². The summed E-state index contributed by atoms with van der Waals surface area (Å²) in [6.07, 6.45) is 7.41. The minimum atomic E-state index is -0.700. The van der Waals surface area contributed by atoms with Crippen LogP contribution >= 0.6 is 12.2 Å². The average molecular weight is 268 g/mol. The first-order valence-electron chi connectivity index (χ1n) is 7.05. The van der Waals surface area contributed by atoms with Crippen molar-refractivity contribution < 1.29 is 4.79 Å². The van der Waals surface area contributed by atoms with E-state index in [2.05, 4.69) is 4.90 Å². The summed E-state index contributed by atoms with van der Waals surface area (Å²) in [5, 5.41) is 0. The lowest BCUT2D eigenvalue weighted by molar-refractivity contribution is -0.143. The first-order valence-corrected chi connectivity index (χ1v) is 7.46. The Balaban J connectivity index is 2.16. The second-order valence-corrected chi connectivity index (χ2v) is 6.68. The van der Waals surface area contributed by atoms with E-state index in [1.54, 1.807) is 0 Å². The third kappa shape index (κ3) is 2.40. The fourth-order valence-electron chi connectivity index (χ4n) is 3.34. The Kier molecular flexibility index (Phi) is 3.95. The van der Waals surface area contributed by atoms with Gasteiger partial charge in [-0.3, -0.25) is 4.79 Å². The van der Waals surface area contributed by atoms with Crippen LogP contribution < -0.4 is 5.73 Å². The molecule has 2 rings (SSSR count). The van der Waals surface area contributed by atoms with Crippen LogP contribution in [0.25, 0.3) is 0 Å². The van der Waals surface area contributed by atoms with Gasteiger partial charge < -0.3 is 10.6 Å².